The van der Waals surface area contributed by atoms with Gasteiger partial charge in [-0.3, -0.25) is 14.2 Å². The Morgan fingerprint density at radius 2 is 1.71 bits per heavy atom. The molecule has 0 bridgehead atoms. The van der Waals surface area contributed by atoms with Gasteiger partial charge in [0.15, 0.2) is 0 Å². The molecule has 42 heavy (non-hydrogen) atoms. The summed E-state index contributed by atoms with van der Waals surface area (Å²) in [4.78, 5) is 33.4. The predicted molar refractivity (Wildman–Crippen MR) is 155 cm³/mol. The van der Waals surface area contributed by atoms with Gasteiger partial charge >= 0.3 is 25.5 Å². The number of nitrogens with zero attached hydrogens (tertiary/aromatic N) is 2. The molecule has 1 aromatic carbocycles. The van der Waals surface area contributed by atoms with Crippen molar-refractivity contribution >= 4 is 25.3 Å². The average molecular weight is 613 g/mol. The van der Waals surface area contributed by atoms with E-state index in [0.717, 1.165) is 25.7 Å². The second-order valence-electron chi connectivity index (χ2n) is 9.41. The van der Waals surface area contributed by atoms with Crippen LogP contribution in [0.5, 0.6) is 11.8 Å². The molecule has 3 N–H and O–H groups in total. The van der Waals surface area contributed by atoms with Gasteiger partial charge in [-0.2, -0.15) is 4.98 Å². The Morgan fingerprint density at radius 1 is 1.02 bits per heavy atom. The normalized spacial score (nSPS) is 13.9. The first kappa shape index (κ1) is 34.9. The summed E-state index contributed by atoms with van der Waals surface area (Å²) >= 11 is 0. The largest absolute Gasteiger partial charge is 0.466 e. The highest BCUT2D eigenvalue weighted by Crippen LogP contribution is 2.44. The Kier molecular flexibility index (Phi) is 16.4. The lowest BCUT2D eigenvalue weighted by Gasteiger charge is -2.26. The van der Waals surface area contributed by atoms with Crippen LogP contribution in [0.25, 0.3) is 0 Å². The van der Waals surface area contributed by atoms with Crippen LogP contribution in [0, 0.1) is 0 Å². The number of carbonyl (C=O) groups is 2. The molecule has 3 atom stereocenters. The number of ether oxygens (including phenoxy) is 4. The Hall–Kier alpha value is -3.28. The van der Waals surface area contributed by atoms with Gasteiger partial charge in [0.25, 0.3) is 0 Å². The third kappa shape index (κ3) is 14.1. The molecular weight excluding hydrogens is 570 g/mol. The van der Waals surface area contributed by atoms with E-state index >= 15 is 0 Å². The van der Waals surface area contributed by atoms with Crippen LogP contribution < -0.4 is 20.1 Å². The number of benzene rings is 1. The fourth-order valence-corrected chi connectivity index (χ4v) is 5.20. The van der Waals surface area contributed by atoms with E-state index in [-0.39, 0.29) is 37.4 Å². The third-order valence-corrected chi connectivity index (χ3v) is 7.41. The smallest absolute Gasteiger partial charge is 0.342 e. The van der Waals surface area contributed by atoms with Gasteiger partial charge in [0.2, 0.25) is 0 Å². The highest BCUT2D eigenvalue weighted by molar-refractivity contribution is 7.57. The fourth-order valence-electron chi connectivity index (χ4n) is 3.48. The molecule has 0 aliphatic carbocycles. The van der Waals surface area contributed by atoms with E-state index in [1.165, 1.54) is 12.3 Å². The van der Waals surface area contributed by atoms with Gasteiger partial charge in [-0.25, -0.2) is 14.5 Å². The predicted octanol–water partition coefficient (Wildman–Crippen LogP) is 4.84. The van der Waals surface area contributed by atoms with Crippen molar-refractivity contribution in [1.29, 1.82) is 0 Å². The standard InChI is InChI=1S/C28H42FN4O8P/c1-3-5-10-16-37-26(34)18-24(27(35)38-17-11-6-4-2)33-42(36,41-22-12-8-7-9-13-22)21-40-23(19-29)20-39-28-31-15-14-25(30)32-28/h7-9,12-15,23-24H,3-6,10-11,16-21H2,1-2H3,(H,33,36)(H2,30,31,32)/t23-,24+,42?/m1/s1. The molecule has 0 fully saturated rings. The SMILES string of the molecule is CCCCCOC(=O)C[C@H](NP(=O)(CO[C@H](CF)COc1nccc(N)n1)Oc1ccccc1)C(=O)OCCCCC. The Labute approximate surface area is 246 Å². The summed E-state index contributed by atoms with van der Waals surface area (Å²) in [6, 6.07) is 8.19. The lowest BCUT2D eigenvalue weighted by atomic mass is 10.2. The number of nitrogens with two attached hydrogens (primary N) is 1. The highest BCUT2D eigenvalue weighted by atomic mass is 31.2. The number of hydrogen-bond donors (Lipinski definition) is 2. The first-order chi connectivity index (χ1) is 20.3. The number of anilines is 1. The minimum absolute atomic E-state index is 0.0813. The van der Waals surface area contributed by atoms with Crippen molar-refractivity contribution in [3.63, 3.8) is 0 Å². The zero-order chi connectivity index (χ0) is 30.6. The number of halogens is 1. The quantitative estimate of drug-likeness (QED) is 0.106. The summed E-state index contributed by atoms with van der Waals surface area (Å²) in [7, 11) is -4.11. The number of alkyl halides is 1. The number of esters is 2. The molecular formula is C28H42FN4O8P. The highest BCUT2D eigenvalue weighted by Gasteiger charge is 2.36. The molecule has 2 aromatic rings. The molecule has 234 valence electrons. The Bertz CT molecular complexity index is 1110. The maximum atomic E-state index is 14.1. The molecule has 14 heteroatoms. The molecule has 1 heterocycles. The van der Waals surface area contributed by atoms with Gasteiger partial charge in [0.05, 0.1) is 19.6 Å². The van der Waals surface area contributed by atoms with E-state index in [1.807, 2.05) is 13.8 Å². The van der Waals surface area contributed by atoms with Crippen molar-refractivity contribution in [3.8, 4) is 11.8 Å². The first-order valence-corrected chi connectivity index (χ1v) is 15.9. The molecule has 0 spiro atoms. The van der Waals surface area contributed by atoms with Crippen molar-refractivity contribution in [2.75, 3.05) is 38.6 Å². The van der Waals surface area contributed by atoms with E-state index in [9.17, 15) is 18.5 Å². The number of aromatic nitrogens is 2. The van der Waals surface area contributed by atoms with Crippen molar-refractivity contribution in [1.82, 2.24) is 15.1 Å². The van der Waals surface area contributed by atoms with Crippen LogP contribution in [0.3, 0.4) is 0 Å². The number of carbonyl (C=O) groups excluding carboxylic acids is 2. The summed E-state index contributed by atoms with van der Waals surface area (Å²) in [6.45, 7) is 3.04. The molecule has 0 aliphatic rings. The fraction of sp³-hybridized carbons (Fsp3) is 0.571. The number of nitrogen functional groups attached to an aromatic ring is 1. The number of hydrogen-bond acceptors (Lipinski definition) is 11. The molecule has 0 saturated carbocycles. The van der Waals surface area contributed by atoms with Gasteiger partial charge in [0, 0.05) is 6.20 Å². The van der Waals surface area contributed by atoms with Crippen LogP contribution in [-0.4, -0.2) is 66.9 Å². The number of unbranched alkanes of at least 4 members (excludes halogenated alkanes) is 4. The van der Waals surface area contributed by atoms with Crippen LogP contribution in [-0.2, 0) is 28.4 Å². The molecule has 0 aliphatic heterocycles. The van der Waals surface area contributed by atoms with Crippen LogP contribution in [0.1, 0.15) is 58.8 Å². The molecule has 1 aromatic heterocycles. The monoisotopic (exact) mass is 612 g/mol. The minimum atomic E-state index is -4.11. The summed E-state index contributed by atoms with van der Waals surface area (Å²) in [5.74, 6) is -1.09. The summed E-state index contributed by atoms with van der Waals surface area (Å²) < 4.78 is 55.2. The van der Waals surface area contributed by atoms with E-state index in [0.29, 0.717) is 12.8 Å². The summed E-state index contributed by atoms with van der Waals surface area (Å²) in [5, 5.41) is 2.64. The van der Waals surface area contributed by atoms with Crippen LogP contribution >= 0.6 is 7.52 Å². The average Bonchev–Trinajstić information content (AvgIpc) is 2.98. The topological polar surface area (TPSA) is 161 Å². The van der Waals surface area contributed by atoms with Gasteiger partial charge in [-0.1, -0.05) is 57.7 Å². The Morgan fingerprint density at radius 3 is 2.36 bits per heavy atom. The molecule has 1 unspecified atom stereocenters. The van der Waals surface area contributed by atoms with Crippen molar-refractivity contribution in [3.05, 3.63) is 42.6 Å². The lowest BCUT2D eigenvalue weighted by molar-refractivity contribution is -0.152. The van der Waals surface area contributed by atoms with Crippen LogP contribution in [0.15, 0.2) is 42.6 Å². The zero-order valence-corrected chi connectivity index (χ0v) is 25.1. The summed E-state index contributed by atoms with van der Waals surface area (Å²) in [5.41, 5.74) is 5.61. The van der Waals surface area contributed by atoms with E-state index < -0.39 is 51.0 Å². The van der Waals surface area contributed by atoms with E-state index in [1.54, 1.807) is 30.3 Å². The van der Waals surface area contributed by atoms with Gasteiger partial charge in [-0.15, -0.1) is 0 Å². The van der Waals surface area contributed by atoms with E-state index in [2.05, 4.69) is 15.1 Å². The maximum absolute atomic E-state index is 14.1. The van der Waals surface area contributed by atoms with E-state index in [4.69, 9.17) is 29.2 Å². The zero-order valence-electron chi connectivity index (χ0n) is 24.2. The van der Waals surface area contributed by atoms with Crippen LogP contribution in [0.2, 0.25) is 0 Å². The maximum Gasteiger partial charge on any atom is 0.342 e. The summed E-state index contributed by atoms with van der Waals surface area (Å²) in [6.07, 6.45) is 3.99. The second-order valence-corrected chi connectivity index (χ2v) is 11.5. The first-order valence-electron chi connectivity index (χ1n) is 14.1. The molecule has 0 saturated heterocycles. The van der Waals surface area contributed by atoms with Crippen LogP contribution in [0.4, 0.5) is 10.2 Å². The van der Waals surface area contributed by atoms with Crippen molar-refractivity contribution in [2.24, 2.45) is 0 Å². The molecule has 0 radical (unpaired) electrons. The molecule has 2 rings (SSSR count). The number of nitrogens with one attached hydrogen (secondary N) is 1. The number of rotatable bonds is 22. The lowest BCUT2D eigenvalue weighted by Crippen LogP contribution is -2.40. The minimum Gasteiger partial charge on any atom is -0.466 e. The van der Waals surface area contributed by atoms with Gasteiger partial charge in [-0.05, 0) is 31.0 Å². The van der Waals surface area contributed by atoms with Gasteiger partial charge in [0.1, 0.15) is 43.3 Å². The number of para-hydroxylation sites is 1. The third-order valence-electron chi connectivity index (χ3n) is 5.71. The van der Waals surface area contributed by atoms with Crippen molar-refractivity contribution < 1.29 is 42.0 Å². The molecule has 0 amide bonds. The van der Waals surface area contributed by atoms with Crippen molar-refractivity contribution in [2.45, 2.75) is 70.9 Å². The Balaban J connectivity index is 2.17. The van der Waals surface area contributed by atoms with Gasteiger partial charge < -0.3 is 29.2 Å². The molecule has 12 nitrogen and oxygen atoms in total. The second kappa shape index (κ2) is 19.8.